The van der Waals surface area contributed by atoms with Gasteiger partial charge in [-0.05, 0) is 30.7 Å². The number of fused-ring (bicyclic) bond motifs is 1. The molecular weight excluding hydrogens is 426 g/mol. The summed E-state index contributed by atoms with van der Waals surface area (Å²) in [5, 5.41) is 43.3. The minimum Gasteiger partial charge on any atom is -0.454 e. The average molecular weight is 447 g/mol. The van der Waals surface area contributed by atoms with E-state index < -0.39 is 47.6 Å². The van der Waals surface area contributed by atoms with E-state index in [0.29, 0.717) is 11.3 Å². The summed E-state index contributed by atoms with van der Waals surface area (Å²) in [6.45, 7) is 0.779. The van der Waals surface area contributed by atoms with Gasteiger partial charge in [0, 0.05) is 5.56 Å². The van der Waals surface area contributed by atoms with Crippen LogP contribution >= 0.6 is 0 Å². The van der Waals surface area contributed by atoms with Crippen molar-refractivity contribution in [3.63, 3.8) is 0 Å². The summed E-state index contributed by atoms with van der Waals surface area (Å²) in [5.41, 5.74) is -1.88. The van der Waals surface area contributed by atoms with Gasteiger partial charge in [-0.3, -0.25) is 19.6 Å². The summed E-state index contributed by atoms with van der Waals surface area (Å²) >= 11 is 0. The van der Waals surface area contributed by atoms with Crippen molar-refractivity contribution in [2.24, 2.45) is 0 Å². The van der Waals surface area contributed by atoms with E-state index in [1.54, 1.807) is 25.1 Å². The van der Waals surface area contributed by atoms with E-state index in [2.05, 4.69) is 0 Å². The molecule has 0 aliphatic carbocycles. The third kappa shape index (κ3) is 3.59. The Morgan fingerprint density at radius 3 is 2.69 bits per heavy atom. The van der Waals surface area contributed by atoms with Crippen LogP contribution in [0.4, 0.5) is 0 Å². The zero-order valence-electron chi connectivity index (χ0n) is 16.9. The molecule has 32 heavy (non-hydrogen) atoms. The van der Waals surface area contributed by atoms with Gasteiger partial charge in [-0.1, -0.05) is 24.3 Å². The first-order valence-corrected chi connectivity index (χ1v) is 9.73. The van der Waals surface area contributed by atoms with Crippen LogP contribution in [0.3, 0.4) is 0 Å². The normalized spacial score (nSPS) is 27.3. The molecule has 2 aromatic carbocycles. The molecule has 1 fully saturated rings. The Labute approximate surface area is 181 Å². The van der Waals surface area contributed by atoms with Crippen LogP contribution in [0.25, 0.3) is 0 Å². The lowest BCUT2D eigenvalue weighted by Gasteiger charge is -2.29. The highest BCUT2D eigenvalue weighted by molar-refractivity contribution is 6.04. The Balaban J connectivity index is 1.62. The van der Waals surface area contributed by atoms with Crippen molar-refractivity contribution in [3.8, 4) is 11.5 Å². The Hall–Kier alpha value is -3.09. The van der Waals surface area contributed by atoms with Crippen molar-refractivity contribution in [1.29, 1.82) is 0 Å². The van der Waals surface area contributed by atoms with Gasteiger partial charge >= 0.3 is 6.23 Å². The number of hydrogen-bond acceptors (Lipinski definition) is 10. The average Bonchev–Trinajstić information content (AvgIpc) is 3.34. The summed E-state index contributed by atoms with van der Waals surface area (Å²) in [5.74, 6) is -0.203. The summed E-state index contributed by atoms with van der Waals surface area (Å²) < 4.78 is 21.1. The third-order valence-corrected chi connectivity index (χ3v) is 5.55. The first-order valence-electron chi connectivity index (χ1n) is 9.73. The van der Waals surface area contributed by atoms with E-state index in [9.17, 15) is 30.2 Å². The summed E-state index contributed by atoms with van der Waals surface area (Å²) in [7, 11) is 0. The van der Waals surface area contributed by atoms with Gasteiger partial charge in [0.1, 0.15) is 12.2 Å². The highest BCUT2D eigenvalue weighted by Gasteiger charge is 2.61. The number of aryl methyl sites for hydroxylation is 1. The van der Waals surface area contributed by atoms with Crippen LogP contribution in [0.15, 0.2) is 42.5 Å². The fraction of sp³-hybridized carbons (Fsp3) is 0.381. The van der Waals surface area contributed by atoms with E-state index in [0.717, 1.165) is 0 Å². The number of rotatable bonds is 7. The predicted octanol–water partition coefficient (Wildman–Crippen LogP) is 0.708. The van der Waals surface area contributed by atoms with Gasteiger partial charge < -0.3 is 29.5 Å². The highest BCUT2D eigenvalue weighted by Crippen LogP contribution is 2.39. The molecule has 5 atom stereocenters. The maximum absolute atomic E-state index is 13.1. The number of ether oxygens (including phenoxy) is 4. The number of nitro groups is 1. The Morgan fingerprint density at radius 1 is 1.28 bits per heavy atom. The largest absolute Gasteiger partial charge is 0.454 e. The van der Waals surface area contributed by atoms with Crippen LogP contribution in [0.5, 0.6) is 11.5 Å². The van der Waals surface area contributed by atoms with E-state index in [1.165, 1.54) is 24.3 Å². The lowest BCUT2D eigenvalue weighted by Crippen LogP contribution is -2.56. The summed E-state index contributed by atoms with van der Waals surface area (Å²) in [6.07, 6.45) is -7.17. The molecule has 2 aromatic rings. The number of Topliss-reactive ketones (excluding diaryl/α,β-unsaturated/α-hetero) is 1. The molecule has 170 valence electrons. The van der Waals surface area contributed by atoms with Gasteiger partial charge in [0.15, 0.2) is 29.2 Å². The molecule has 11 nitrogen and oxygen atoms in total. The molecule has 11 heteroatoms. The molecule has 0 aromatic heterocycles. The fourth-order valence-corrected chi connectivity index (χ4v) is 3.79. The minimum atomic E-state index is -2.58. The maximum Gasteiger partial charge on any atom is 0.344 e. The number of aliphatic hydroxyl groups excluding tert-OH is 2. The Bertz CT molecular complexity index is 1040. The molecule has 4 rings (SSSR count). The number of nitrogens with zero attached hydrogens (tertiary/aromatic N) is 1. The van der Waals surface area contributed by atoms with Crippen LogP contribution in [-0.2, 0) is 9.47 Å². The predicted molar refractivity (Wildman–Crippen MR) is 106 cm³/mol. The second-order valence-electron chi connectivity index (χ2n) is 7.48. The number of carbonyl (C=O) groups excluding carboxylic acids is 1. The quantitative estimate of drug-likeness (QED) is 0.239. The third-order valence-electron chi connectivity index (χ3n) is 5.55. The molecule has 2 aliphatic rings. The van der Waals surface area contributed by atoms with Crippen LogP contribution in [0.1, 0.15) is 27.7 Å². The molecule has 3 N–H and O–H groups in total. The van der Waals surface area contributed by atoms with Gasteiger partial charge in [0.05, 0.1) is 17.1 Å². The molecular formula is C21H21NO10. The SMILES string of the molecule is Cc1ccccc1C(=O)[C@@]1(O)[C@@H](CO)OC(OC(c2ccc3c(c2)OCO3)[N+](=O)[O-])[C@@H]1O. The minimum absolute atomic E-state index is 0.0283. The number of carbonyl (C=O) groups is 1. The van der Waals surface area contributed by atoms with Crippen molar-refractivity contribution in [3.05, 3.63) is 69.3 Å². The number of benzene rings is 2. The molecule has 0 amide bonds. The molecule has 2 unspecified atom stereocenters. The summed E-state index contributed by atoms with van der Waals surface area (Å²) in [4.78, 5) is 24.0. The number of hydrogen-bond donors (Lipinski definition) is 3. The molecule has 0 bridgehead atoms. The Morgan fingerprint density at radius 2 is 2.00 bits per heavy atom. The molecule has 2 aliphatic heterocycles. The van der Waals surface area contributed by atoms with Crippen LogP contribution in [0, 0.1) is 17.0 Å². The van der Waals surface area contributed by atoms with Crippen molar-refractivity contribution < 1.29 is 44.0 Å². The topological polar surface area (TPSA) is 158 Å². The van der Waals surface area contributed by atoms with E-state index >= 15 is 0 Å². The standard InChI is InChI=1S/C21H21NO10/c1-11-4-2-3-5-13(11)17(24)21(26)16(9-23)31-20(18(21)25)32-19(22(27)28)12-6-7-14-15(8-12)30-10-29-14/h2-8,16,18-20,23,25-26H,9-10H2,1H3/t16-,18+,19?,20?,21+/m1/s1. The number of aliphatic hydroxyl groups is 3. The van der Waals surface area contributed by atoms with E-state index in [1.807, 2.05) is 0 Å². The fourth-order valence-electron chi connectivity index (χ4n) is 3.79. The molecule has 0 spiro atoms. The summed E-state index contributed by atoms with van der Waals surface area (Å²) in [6, 6.07) is 10.6. The molecule has 1 saturated heterocycles. The highest BCUT2D eigenvalue weighted by atomic mass is 16.8. The van der Waals surface area contributed by atoms with Crippen LogP contribution in [-0.4, -0.2) is 63.5 Å². The van der Waals surface area contributed by atoms with Gasteiger partial charge in [-0.15, -0.1) is 0 Å². The van der Waals surface area contributed by atoms with Crippen LogP contribution < -0.4 is 9.47 Å². The number of ketones is 1. The molecule has 0 radical (unpaired) electrons. The monoisotopic (exact) mass is 447 g/mol. The first kappa shape index (κ1) is 22.1. The van der Waals surface area contributed by atoms with Crippen molar-refractivity contribution in [1.82, 2.24) is 0 Å². The van der Waals surface area contributed by atoms with Gasteiger partial charge in [-0.2, -0.15) is 0 Å². The lowest BCUT2D eigenvalue weighted by molar-refractivity contribution is -0.595. The van der Waals surface area contributed by atoms with Crippen molar-refractivity contribution in [2.45, 2.75) is 37.3 Å². The second kappa shape index (κ2) is 8.45. The lowest BCUT2D eigenvalue weighted by atomic mass is 9.83. The van der Waals surface area contributed by atoms with Crippen LogP contribution in [0.2, 0.25) is 0 Å². The van der Waals surface area contributed by atoms with E-state index in [-0.39, 0.29) is 23.7 Å². The molecule has 0 saturated carbocycles. The second-order valence-corrected chi connectivity index (χ2v) is 7.48. The van der Waals surface area contributed by atoms with Gasteiger partial charge in [-0.25, -0.2) is 0 Å². The van der Waals surface area contributed by atoms with Gasteiger partial charge in [0.25, 0.3) is 0 Å². The van der Waals surface area contributed by atoms with Gasteiger partial charge in [0.2, 0.25) is 6.79 Å². The Kier molecular flexibility index (Phi) is 5.84. The zero-order chi connectivity index (χ0) is 23.0. The van der Waals surface area contributed by atoms with Crippen molar-refractivity contribution in [2.75, 3.05) is 13.4 Å². The van der Waals surface area contributed by atoms with E-state index in [4.69, 9.17) is 18.9 Å². The first-order chi connectivity index (χ1) is 15.3. The smallest absolute Gasteiger partial charge is 0.344 e. The van der Waals surface area contributed by atoms with Crippen molar-refractivity contribution >= 4 is 5.78 Å². The zero-order valence-corrected chi connectivity index (χ0v) is 16.9. The maximum atomic E-state index is 13.1. The molecule has 2 heterocycles.